The third-order valence-electron chi connectivity index (χ3n) is 4.21. The fraction of sp³-hybridized carbons (Fsp3) is 0.444. The number of aromatic hydroxyl groups is 1. The van der Waals surface area contributed by atoms with E-state index in [1.165, 1.54) is 19.2 Å². The van der Waals surface area contributed by atoms with Gasteiger partial charge in [0, 0.05) is 38.1 Å². The van der Waals surface area contributed by atoms with E-state index in [2.05, 4.69) is 29.5 Å². The van der Waals surface area contributed by atoms with Crippen molar-refractivity contribution in [1.29, 1.82) is 0 Å². The predicted molar refractivity (Wildman–Crippen MR) is 95.4 cm³/mol. The number of phenolic OH excluding ortho intramolecular Hbond substituents is 1. The highest BCUT2D eigenvalue weighted by atomic mass is 16.3. The maximum atomic E-state index is 11.7. The molecule has 0 bridgehead atoms. The average molecular weight is 346 g/mol. The first kappa shape index (κ1) is 19.0. The van der Waals surface area contributed by atoms with E-state index >= 15 is 0 Å². The number of aliphatic hydroxyl groups is 1. The Morgan fingerprint density at radius 3 is 2.80 bits per heavy atom. The standard InChI is InChI=1S/C18H26N4O3/c1-18(2,6-8-22-9-7-20-12-22)21-11-16(24)13-4-5-15(23)14(10-13)17(25)19-3/h4-5,7,9-10,12,16,21,23-24H,6,8,11H2,1-3H3,(H,19,25). The Labute approximate surface area is 147 Å². The molecule has 4 N–H and O–H groups in total. The van der Waals surface area contributed by atoms with Crippen molar-refractivity contribution in [2.45, 2.75) is 38.5 Å². The van der Waals surface area contributed by atoms with Gasteiger partial charge in [0.05, 0.1) is 18.0 Å². The number of rotatable bonds is 8. The van der Waals surface area contributed by atoms with E-state index in [4.69, 9.17) is 0 Å². The Balaban J connectivity index is 1.94. The summed E-state index contributed by atoms with van der Waals surface area (Å²) in [6.45, 7) is 5.32. The second-order valence-corrected chi connectivity index (χ2v) is 6.69. The van der Waals surface area contributed by atoms with Crippen LogP contribution in [0.1, 0.15) is 42.3 Å². The van der Waals surface area contributed by atoms with E-state index in [1.807, 2.05) is 10.8 Å². The highest BCUT2D eigenvalue weighted by Crippen LogP contribution is 2.23. The number of aliphatic hydroxyl groups excluding tert-OH is 1. The van der Waals surface area contributed by atoms with Crippen molar-refractivity contribution in [1.82, 2.24) is 20.2 Å². The smallest absolute Gasteiger partial charge is 0.254 e. The number of nitrogens with one attached hydrogen (secondary N) is 2. The largest absolute Gasteiger partial charge is 0.507 e. The molecule has 7 nitrogen and oxygen atoms in total. The quantitative estimate of drug-likeness (QED) is 0.580. The first-order valence-corrected chi connectivity index (χ1v) is 8.26. The molecule has 7 heteroatoms. The maximum absolute atomic E-state index is 11.7. The number of carbonyl (C=O) groups is 1. The van der Waals surface area contributed by atoms with Gasteiger partial charge in [-0.3, -0.25) is 4.79 Å². The van der Waals surface area contributed by atoms with Crippen LogP contribution in [0.15, 0.2) is 36.9 Å². The number of aryl methyl sites for hydroxylation is 1. The number of hydrogen-bond acceptors (Lipinski definition) is 5. The number of carbonyl (C=O) groups excluding carboxylic acids is 1. The Hall–Kier alpha value is -2.38. The topological polar surface area (TPSA) is 99.4 Å². The van der Waals surface area contributed by atoms with Crippen LogP contribution in [-0.4, -0.2) is 44.8 Å². The molecular formula is C18H26N4O3. The second kappa shape index (κ2) is 8.13. The molecule has 0 radical (unpaired) electrons. The van der Waals surface area contributed by atoms with Crippen molar-refractivity contribution < 1.29 is 15.0 Å². The molecule has 1 amide bonds. The minimum Gasteiger partial charge on any atom is -0.507 e. The van der Waals surface area contributed by atoms with E-state index < -0.39 is 6.10 Å². The number of phenols is 1. The van der Waals surface area contributed by atoms with Crippen LogP contribution in [0.25, 0.3) is 0 Å². The highest BCUT2D eigenvalue weighted by molar-refractivity contribution is 5.96. The van der Waals surface area contributed by atoms with Gasteiger partial charge in [0.1, 0.15) is 5.75 Å². The molecule has 0 aliphatic rings. The zero-order chi connectivity index (χ0) is 18.4. The summed E-state index contributed by atoms with van der Waals surface area (Å²) in [5.41, 5.74) is 0.555. The monoisotopic (exact) mass is 346 g/mol. The minimum atomic E-state index is -0.781. The Bertz CT molecular complexity index is 698. The average Bonchev–Trinajstić information content (AvgIpc) is 3.11. The van der Waals surface area contributed by atoms with Crippen LogP contribution in [0.4, 0.5) is 0 Å². The number of hydrogen-bond donors (Lipinski definition) is 4. The van der Waals surface area contributed by atoms with Gasteiger partial charge < -0.3 is 25.4 Å². The summed E-state index contributed by atoms with van der Waals surface area (Å²) >= 11 is 0. The fourth-order valence-corrected chi connectivity index (χ4v) is 2.48. The van der Waals surface area contributed by atoms with Crippen molar-refractivity contribution in [3.05, 3.63) is 48.0 Å². The number of aromatic nitrogens is 2. The van der Waals surface area contributed by atoms with Gasteiger partial charge in [-0.1, -0.05) is 6.07 Å². The molecule has 1 heterocycles. The maximum Gasteiger partial charge on any atom is 0.254 e. The molecule has 1 atom stereocenters. The summed E-state index contributed by atoms with van der Waals surface area (Å²) in [6, 6.07) is 4.55. The molecule has 2 rings (SSSR count). The van der Waals surface area contributed by atoms with Gasteiger partial charge in [-0.15, -0.1) is 0 Å². The van der Waals surface area contributed by atoms with Crippen LogP contribution in [0.2, 0.25) is 0 Å². The van der Waals surface area contributed by atoms with Gasteiger partial charge in [-0.2, -0.15) is 0 Å². The van der Waals surface area contributed by atoms with Gasteiger partial charge in [0.25, 0.3) is 5.91 Å². The molecule has 0 fully saturated rings. The molecule has 136 valence electrons. The number of imidazole rings is 1. The molecule has 1 unspecified atom stereocenters. The minimum absolute atomic E-state index is 0.107. The molecule has 0 aliphatic heterocycles. The number of amides is 1. The van der Waals surface area contributed by atoms with Crippen LogP contribution in [0.3, 0.4) is 0 Å². The summed E-state index contributed by atoms with van der Waals surface area (Å²) in [5, 5.41) is 26.0. The van der Waals surface area contributed by atoms with E-state index in [9.17, 15) is 15.0 Å². The summed E-state index contributed by atoms with van der Waals surface area (Å²) in [5.74, 6) is -0.496. The summed E-state index contributed by atoms with van der Waals surface area (Å²) in [6.07, 6.45) is 5.54. The third kappa shape index (κ3) is 5.30. The molecule has 0 saturated heterocycles. The van der Waals surface area contributed by atoms with Crippen molar-refractivity contribution in [2.24, 2.45) is 0 Å². The van der Waals surface area contributed by atoms with Gasteiger partial charge in [0.15, 0.2) is 0 Å². The van der Waals surface area contributed by atoms with Crippen molar-refractivity contribution in [3.8, 4) is 5.75 Å². The normalized spacial score (nSPS) is 12.8. The van der Waals surface area contributed by atoms with E-state index in [0.717, 1.165) is 13.0 Å². The molecule has 0 spiro atoms. The zero-order valence-electron chi connectivity index (χ0n) is 14.9. The van der Waals surface area contributed by atoms with Crippen molar-refractivity contribution in [2.75, 3.05) is 13.6 Å². The highest BCUT2D eigenvalue weighted by Gasteiger charge is 2.20. The van der Waals surface area contributed by atoms with Gasteiger partial charge in [-0.05, 0) is 38.0 Å². The molecule has 0 aliphatic carbocycles. The molecule has 25 heavy (non-hydrogen) atoms. The van der Waals surface area contributed by atoms with Crippen LogP contribution in [0.5, 0.6) is 5.75 Å². The Kier molecular flexibility index (Phi) is 6.17. The van der Waals surface area contributed by atoms with Crippen LogP contribution in [-0.2, 0) is 6.54 Å². The molecular weight excluding hydrogens is 320 g/mol. The van der Waals surface area contributed by atoms with Gasteiger partial charge in [-0.25, -0.2) is 4.98 Å². The lowest BCUT2D eigenvalue weighted by molar-refractivity contribution is 0.0960. The van der Waals surface area contributed by atoms with E-state index in [1.54, 1.807) is 18.6 Å². The lowest BCUT2D eigenvalue weighted by atomic mass is 9.99. The number of nitrogens with zero attached hydrogens (tertiary/aromatic N) is 2. The van der Waals surface area contributed by atoms with Gasteiger partial charge in [0.2, 0.25) is 0 Å². The molecule has 1 aromatic heterocycles. The molecule has 1 aromatic carbocycles. The first-order chi connectivity index (χ1) is 11.8. The summed E-state index contributed by atoms with van der Waals surface area (Å²) < 4.78 is 2.01. The van der Waals surface area contributed by atoms with E-state index in [-0.39, 0.29) is 22.8 Å². The Morgan fingerprint density at radius 1 is 1.40 bits per heavy atom. The van der Waals surface area contributed by atoms with Crippen LogP contribution >= 0.6 is 0 Å². The Morgan fingerprint density at radius 2 is 2.16 bits per heavy atom. The summed E-state index contributed by atoms with van der Waals surface area (Å²) in [7, 11) is 1.50. The summed E-state index contributed by atoms with van der Waals surface area (Å²) in [4.78, 5) is 15.8. The lowest BCUT2D eigenvalue weighted by Gasteiger charge is -2.28. The zero-order valence-corrected chi connectivity index (χ0v) is 14.9. The third-order valence-corrected chi connectivity index (χ3v) is 4.21. The van der Waals surface area contributed by atoms with Crippen molar-refractivity contribution in [3.63, 3.8) is 0 Å². The second-order valence-electron chi connectivity index (χ2n) is 6.69. The van der Waals surface area contributed by atoms with Crippen LogP contribution in [0, 0.1) is 0 Å². The SMILES string of the molecule is CNC(=O)c1cc(C(O)CNC(C)(C)CCn2ccnc2)ccc1O. The van der Waals surface area contributed by atoms with E-state index in [0.29, 0.717) is 12.1 Å². The van der Waals surface area contributed by atoms with Gasteiger partial charge >= 0.3 is 0 Å². The molecule has 0 saturated carbocycles. The van der Waals surface area contributed by atoms with Crippen molar-refractivity contribution >= 4 is 5.91 Å². The number of benzene rings is 1. The van der Waals surface area contributed by atoms with Crippen LogP contribution < -0.4 is 10.6 Å². The first-order valence-electron chi connectivity index (χ1n) is 8.26. The predicted octanol–water partition coefficient (Wildman–Crippen LogP) is 1.44. The molecule has 2 aromatic rings. The number of β-amino-alcohol motifs (C(OH)–C–C–N with tert-alkyl or cyclic N) is 1. The fourth-order valence-electron chi connectivity index (χ4n) is 2.48. The lowest BCUT2D eigenvalue weighted by Crippen LogP contribution is -2.42.